The highest BCUT2D eigenvalue weighted by Crippen LogP contribution is 2.30. The smallest absolute Gasteiger partial charge is 0.320 e. The average Bonchev–Trinajstić information content (AvgIpc) is 2.63. The lowest BCUT2D eigenvalue weighted by Crippen LogP contribution is -2.06. The van der Waals surface area contributed by atoms with Crippen LogP contribution in [-0.4, -0.2) is 22.1 Å². The minimum Gasteiger partial charge on any atom is -0.467 e. The molecule has 0 saturated heterocycles. The molecule has 0 amide bonds. The average molecular weight is 373 g/mol. The van der Waals surface area contributed by atoms with Gasteiger partial charge in [0.2, 0.25) is 0 Å². The molecule has 3 aromatic rings. The predicted octanol–water partition coefficient (Wildman–Crippen LogP) is 4.33. The summed E-state index contributed by atoms with van der Waals surface area (Å²) in [6.45, 7) is 3.56. The van der Waals surface area contributed by atoms with Crippen molar-refractivity contribution in [2.45, 2.75) is 19.9 Å². The lowest BCUT2D eigenvalue weighted by molar-refractivity contribution is 0.379. The number of aromatic nitrogens is 3. The molecule has 7 heteroatoms. The van der Waals surface area contributed by atoms with Gasteiger partial charge >= 0.3 is 6.01 Å². The number of hydrogen-bond donors (Lipinski definition) is 1. The molecule has 0 saturated carbocycles. The van der Waals surface area contributed by atoms with Crippen LogP contribution in [0.25, 0.3) is 22.8 Å². The molecule has 1 heterocycles. The molecule has 2 aromatic carbocycles. The van der Waals surface area contributed by atoms with E-state index in [4.69, 9.17) is 22.1 Å². The van der Waals surface area contributed by atoms with Crippen molar-refractivity contribution in [3.63, 3.8) is 0 Å². The summed E-state index contributed by atoms with van der Waals surface area (Å²) >= 11 is 6.34. The Labute approximate surface area is 156 Å². The van der Waals surface area contributed by atoms with Gasteiger partial charge in [0.15, 0.2) is 11.6 Å². The Morgan fingerprint density at radius 1 is 1.08 bits per heavy atom. The Hall–Kier alpha value is -2.57. The third-order valence-electron chi connectivity index (χ3n) is 3.97. The number of benzene rings is 2. The molecule has 1 atom stereocenters. The van der Waals surface area contributed by atoms with Gasteiger partial charge in [0.25, 0.3) is 0 Å². The fourth-order valence-electron chi connectivity index (χ4n) is 2.48. The largest absolute Gasteiger partial charge is 0.467 e. The SMILES string of the molecule is COc1nc(-c2ccc(F)c(C)c2)nc(-c2cc(C(C)N)ccc2Cl)n1. The van der Waals surface area contributed by atoms with Crippen LogP contribution < -0.4 is 10.5 Å². The van der Waals surface area contributed by atoms with Gasteiger partial charge in [-0.3, -0.25) is 0 Å². The summed E-state index contributed by atoms with van der Waals surface area (Å²) < 4.78 is 18.8. The summed E-state index contributed by atoms with van der Waals surface area (Å²) in [7, 11) is 1.47. The van der Waals surface area contributed by atoms with E-state index in [1.165, 1.54) is 13.2 Å². The molecule has 0 fully saturated rings. The van der Waals surface area contributed by atoms with Crippen molar-refractivity contribution in [1.82, 2.24) is 15.0 Å². The van der Waals surface area contributed by atoms with Gasteiger partial charge in [-0.2, -0.15) is 9.97 Å². The second-order valence-corrected chi connectivity index (χ2v) is 6.37. The maximum absolute atomic E-state index is 13.6. The normalized spacial score (nSPS) is 12.1. The number of nitrogens with two attached hydrogens (primary N) is 1. The van der Waals surface area contributed by atoms with E-state index in [0.29, 0.717) is 33.4 Å². The molecule has 0 aliphatic carbocycles. The molecule has 2 N–H and O–H groups in total. The van der Waals surface area contributed by atoms with Crippen LogP contribution in [-0.2, 0) is 0 Å². The van der Waals surface area contributed by atoms with Gasteiger partial charge in [0.1, 0.15) is 5.82 Å². The summed E-state index contributed by atoms with van der Waals surface area (Å²) in [5, 5.41) is 0.490. The molecule has 0 bridgehead atoms. The molecule has 1 unspecified atom stereocenters. The number of nitrogens with zero attached hydrogens (tertiary/aromatic N) is 3. The number of halogens is 2. The minimum atomic E-state index is -0.289. The van der Waals surface area contributed by atoms with Gasteiger partial charge in [-0.1, -0.05) is 17.7 Å². The summed E-state index contributed by atoms with van der Waals surface area (Å²) in [6.07, 6.45) is 0. The third kappa shape index (κ3) is 3.66. The monoisotopic (exact) mass is 372 g/mol. The van der Waals surface area contributed by atoms with Crippen LogP contribution >= 0.6 is 11.6 Å². The van der Waals surface area contributed by atoms with Crippen molar-refractivity contribution in [2.75, 3.05) is 7.11 Å². The Morgan fingerprint density at radius 2 is 1.81 bits per heavy atom. The molecular formula is C19H18ClFN4O. The molecule has 26 heavy (non-hydrogen) atoms. The highest BCUT2D eigenvalue weighted by molar-refractivity contribution is 6.33. The summed E-state index contributed by atoms with van der Waals surface area (Å²) in [4.78, 5) is 13.1. The minimum absolute atomic E-state index is 0.147. The summed E-state index contributed by atoms with van der Waals surface area (Å²) in [5.41, 5.74) is 8.65. The lowest BCUT2D eigenvalue weighted by atomic mass is 10.1. The van der Waals surface area contributed by atoms with Crippen LogP contribution in [0.15, 0.2) is 36.4 Å². The van der Waals surface area contributed by atoms with Gasteiger partial charge in [-0.05, 0) is 55.3 Å². The van der Waals surface area contributed by atoms with E-state index in [1.807, 2.05) is 19.1 Å². The molecule has 0 radical (unpaired) electrons. The van der Waals surface area contributed by atoms with E-state index in [-0.39, 0.29) is 17.9 Å². The molecule has 0 spiro atoms. The molecule has 5 nitrogen and oxygen atoms in total. The Kier molecular flexibility index (Phi) is 5.15. The van der Waals surface area contributed by atoms with Crippen molar-refractivity contribution in [3.05, 3.63) is 58.4 Å². The maximum Gasteiger partial charge on any atom is 0.320 e. The van der Waals surface area contributed by atoms with E-state index in [9.17, 15) is 4.39 Å². The fourth-order valence-corrected chi connectivity index (χ4v) is 2.68. The second kappa shape index (κ2) is 7.35. The summed E-state index contributed by atoms with van der Waals surface area (Å²) in [6, 6.07) is 10.1. The van der Waals surface area contributed by atoms with Crippen LogP contribution in [0, 0.1) is 12.7 Å². The van der Waals surface area contributed by atoms with Crippen LogP contribution in [0.2, 0.25) is 5.02 Å². The van der Waals surface area contributed by atoms with Crippen molar-refractivity contribution in [3.8, 4) is 28.8 Å². The molecule has 134 valence electrons. The number of hydrogen-bond acceptors (Lipinski definition) is 5. The Morgan fingerprint density at radius 3 is 2.46 bits per heavy atom. The zero-order chi connectivity index (χ0) is 18.8. The quantitative estimate of drug-likeness (QED) is 0.737. The van der Waals surface area contributed by atoms with E-state index >= 15 is 0 Å². The highest BCUT2D eigenvalue weighted by atomic mass is 35.5. The zero-order valence-corrected chi connectivity index (χ0v) is 15.4. The van der Waals surface area contributed by atoms with Gasteiger partial charge in [-0.25, -0.2) is 9.37 Å². The van der Waals surface area contributed by atoms with Gasteiger partial charge in [-0.15, -0.1) is 0 Å². The topological polar surface area (TPSA) is 73.9 Å². The van der Waals surface area contributed by atoms with Gasteiger partial charge in [0, 0.05) is 17.2 Å². The van der Waals surface area contributed by atoms with E-state index in [1.54, 1.807) is 25.1 Å². The van der Waals surface area contributed by atoms with Crippen LogP contribution in [0.5, 0.6) is 6.01 Å². The van der Waals surface area contributed by atoms with Crippen molar-refractivity contribution < 1.29 is 9.13 Å². The predicted molar refractivity (Wildman–Crippen MR) is 99.6 cm³/mol. The molecule has 1 aromatic heterocycles. The first-order valence-corrected chi connectivity index (χ1v) is 8.39. The van der Waals surface area contributed by atoms with Crippen LogP contribution in [0.3, 0.4) is 0 Å². The molecule has 0 aliphatic rings. The first-order valence-electron chi connectivity index (χ1n) is 8.01. The van der Waals surface area contributed by atoms with Crippen molar-refractivity contribution in [2.24, 2.45) is 5.73 Å². The van der Waals surface area contributed by atoms with Crippen LogP contribution in [0.4, 0.5) is 4.39 Å². The number of rotatable bonds is 4. The summed E-state index contributed by atoms with van der Waals surface area (Å²) in [5.74, 6) is 0.446. The molecule has 0 aliphatic heterocycles. The molecular weight excluding hydrogens is 355 g/mol. The number of methoxy groups -OCH3 is 1. The van der Waals surface area contributed by atoms with Gasteiger partial charge < -0.3 is 10.5 Å². The number of ether oxygens (including phenoxy) is 1. The Balaban J connectivity index is 2.17. The van der Waals surface area contributed by atoms with Crippen molar-refractivity contribution in [1.29, 1.82) is 0 Å². The van der Waals surface area contributed by atoms with Gasteiger partial charge in [0.05, 0.1) is 12.1 Å². The van der Waals surface area contributed by atoms with E-state index in [2.05, 4.69) is 15.0 Å². The Bertz CT molecular complexity index is 962. The third-order valence-corrected chi connectivity index (χ3v) is 4.30. The second-order valence-electron chi connectivity index (χ2n) is 5.96. The highest BCUT2D eigenvalue weighted by Gasteiger charge is 2.15. The first kappa shape index (κ1) is 18.2. The van der Waals surface area contributed by atoms with Crippen LogP contribution in [0.1, 0.15) is 24.1 Å². The van der Waals surface area contributed by atoms with E-state index < -0.39 is 0 Å². The number of aryl methyl sites for hydroxylation is 1. The zero-order valence-electron chi connectivity index (χ0n) is 14.6. The molecule has 3 rings (SSSR count). The maximum atomic E-state index is 13.6. The first-order chi connectivity index (χ1) is 12.4. The standard InChI is InChI=1S/C19H18ClFN4O/c1-10-8-13(5-7-16(10)21)17-23-18(25-19(24-17)26-3)14-9-12(11(2)22)4-6-15(14)20/h4-9,11H,22H2,1-3H3. The van der Waals surface area contributed by atoms with E-state index in [0.717, 1.165) is 5.56 Å². The fraction of sp³-hybridized carbons (Fsp3) is 0.211. The lowest BCUT2D eigenvalue weighted by Gasteiger charge is -2.11. The van der Waals surface area contributed by atoms with Crippen molar-refractivity contribution >= 4 is 11.6 Å².